The predicted octanol–water partition coefficient (Wildman–Crippen LogP) is 0.549. The fourth-order valence-corrected chi connectivity index (χ4v) is 5.17. The number of nitrogens with one attached hydrogen (secondary N) is 2. The summed E-state index contributed by atoms with van der Waals surface area (Å²) in [5, 5.41) is 6.07. The monoisotopic (exact) mass is 395 g/mol. The Morgan fingerprint density at radius 1 is 1.17 bits per heavy atom. The molecule has 4 fully saturated rings. The van der Waals surface area contributed by atoms with Crippen LogP contribution in [-0.4, -0.2) is 58.4 Å². The average molecular weight is 395 g/mol. The Labute approximate surface area is 169 Å². The van der Waals surface area contributed by atoms with E-state index in [2.05, 4.69) is 57.1 Å². The van der Waals surface area contributed by atoms with Gasteiger partial charge in [0.05, 0.1) is 6.67 Å². The molecule has 2 aromatic rings. The minimum Gasteiger partial charge on any atom is -0.371 e. The molecule has 0 spiro atoms. The van der Waals surface area contributed by atoms with Gasteiger partial charge < -0.3 is 14.3 Å². The summed E-state index contributed by atoms with van der Waals surface area (Å²) in [5.74, 6) is 3.26. The van der Waals surface area contributed by atoms with Crippen molar-refractivity contribution in [2.24, 2.45) is 17.8 Å². The third-order valence-corrected chi connectivity index (χ3v) is 6.82. The molecule has 6 rings (SSSR count). The molecule has 4 aliphatic rings. The maximum absolute atomic E-state index is 12.8. The second kappa shape index (κ2) is 6.51. The van der Waals surface area contributed by atoms with Crippen LogP contribution in [0.2, 0.25) is 0 Å². The number of carbonyl (C=O) groups excluding carboxylic acids is 1. The quantitative estimate of drug-likeness (QED) is 0.776. The Bertz CT molecular complexity index is 907. The molecule has 1 aliphatic carbocycles. The Morgan fingerprint density at radius 2 is 1.97 bits per heavy atom. The van der Waals surface area contributed by atoms with Crippen molar-refractivity contribution in [1.82, 2.24) is 31.0 Å². The number of aromatic nitrogens is 2. The molecular formula is C20H25N7O2. The van der Waals surface area contributed by atoms with E-state index in [9.17, 15) is 4.79 Å². The Hall–Kier alpha value is -2.49. The highest BCUT2D eigenvalue weighted by atomic mass is 16.5. The van der Waals surface area contributed by atoms with Gasteiger partial charge in [-0.1, -0.05) is 30.3 Å². The molecule has 1 saturated carbocycles. The molecule has 1 amide bonds. The summed E-state index contributed by atoms with van der Waals surface area (Å²) >= 11 is 0. The van der Waals surface area contributed by atoms with E-state index in [1.165, 1.54) is 5.69 Å². The van der Waals surface area contributed by atoms with Gasteiger partial charge in [-0.15, -0.1) is 0 Å². The van der Waals surface area contributed by atoms with Gasteiger partial charge in [0.2, 0.25) is 11.8 Å². The lowest BCUT2D eigenvalue weighted by Crippen LogP contribution is -2.63. The molecule has 0 bridgehead atoms. The number of anilines is 1. The van der Waals surface area contributed by atoms with Gasteiger partial charge in [0.1, 0.15) is 12.6 Å². The van der Waals surface area contributed by atoms with Gasteiger partial charge >= 0.3 is 0 Å². The van der Waals surface area contributed by atoms with Crippen LogP contribution < -0.4 is 15.8 Å². The van der Waals surface area contributed by atoms with E-state index in [0.717, 1.165) is 25.5 Å². The zero-order valence-electron chi connectivity index (χ0n) is 16.4. The second-order valence-corrected chi connectivity index (χ2v) is 8.65. The van der Waals surface area contributed by atoms with Gasteiger partial charge in [0.25, 0.3) is 0 Å². The normalized spacial score (nSPS) is 33.8. The first-order chi connectivity index (χ1) is 14.2. The van der Waals surface area contributed by atoms with Gasteiger partial charge in [-0.05, 0) is 29.9 Å². The van der Waals surface area contributed by atoms with Crippen molar-refractivity contribution < 1.29 is 9.32 Å². The molecule has 152 valence electrons. The fourth-order valence-electron chi connectivity index (χ4n) is 5.17. The van der Waals surface area contributed by atoms with E-state index < -0.39 is 0 Å². The summed E-state index contributed by atoms with van der Waals surface area (Å²) < 4.78 is 5.51. The van der Waals surface area contributed by atoms with Crippen LogP contribution in [0, 0.1) is 17.8 Å². The summed E-state index contributed by atoms with van der Waals surface area (Å²) in [4.78, 5) is 21.6. The van der Waals surface area contributed by atoms with E-state index in [0.29, 0.717) is 36.9 Å². The highest BCUT2D eigenvalue weighted by Crippen LogP contribution is 2.57. The van der Waals surface area contributed by atoms with E-state index in [4.69, 9.17) is 4.52 Å². The first kappa shape index (κ1) is 17.4. The summed E-state index contributed by atoms with van der Waals surface area (Å²) in [7, 11) is 0. The zero-order chi connectivity index (χ0) is 19.5. The number of hydrazine groups is 2. The third-order valence-electron chi connectivity index (χ3n) is 6.82. The van der Waals surface area contributed by atoms with Crippen LogP contribution >= 0.6 is 0 Å². The van der Waals surface area contributed by atoms with Crippen molar-refractivity contribution in [3.8, 4) is 0 Å². The Morgan fingerprint density at radius 3 is 2.76 bits per heavy atom. The van der Waals surface area contributed by atoms with Crippen molar-refractivity contribution in [2.75, 3.05) is 31.2 Å². The molecule has 4 heterocycles. The van der Waals surface area contributed by atoms with Crippen molar-refractivity contribution in [3.63, 3.8) is 0 Å². The number of para-hydroxylation sites is 1. The van der Waals surface area contributed by atoms with Crippen molar-refractivity contribution in [3.05, 3.63) is 42.0 Å². The number of hydrogen-bond acceptors (Lipinski definition) is 8. The molecule has 9 heteroatoms. The molecule has 9 nitrogen and oxygen atoms in total. The second-order valence-electron chi connectivity index (χ2n) is 8.65. The van der Waals surface area contributed by atoms with E-state index in [1.54, 1.807) is 4.90 Å². The molecule has 3 aliphatic heterocycles. The lowest BCUT2D eigenvalue weighted by atomic mass is 10.0. The topological polar surface area (TPSA) is 89.8 Å². The number of benzene rings is 1. The molecule has 0 radical (unpaired) electrons. The van der Waals surface area contributed by atoms with E-state index >= 15 is 0 Å². The first-order valence-electron chi connectivity index (χ1n) is 10.4. The molecular weight excluding hydrogens is 370 g/mol. The number of hydrogen-bond donors (Lipinski definition) is 2. The van der Waals surface area contributed by atoms with Gasteiger partial charge in [0, 0.05) is 31.2 Å². The highest BCUT2D eigenvalue weighted by Gasteiger charge is 2.58. The van der Waals surface area contributed by atoms with Gasteiger partial charge in [-0.25, -0.2) is 10.9 Å². The zero-order valence-corrected chi connectivity index (χ0v) is 16.4. The molecule has 5 atom stereocenters. The van der Waals surface area contributed by atoms with Crippen molar-refractivity contribution in [2.45, 2.75) is 25.4 Å². The van der Waals surface area contributed by atoms with Crippen LogP contribution in [0.25, 0.3) is 0 Å². The minimum absolute atomic E-state index is 0.0998. The van der Waals surface area contributed by atoms with Crippen LogP contribution in [0.4, 0.5) is 5.69 Å². The summed E-state index contributed by atoms with van der Waals surface area (Å²) in [6.07, 6.45) is 0. The smallest absolute Gasteiger partial charge is 0.246 e. The van der Waals surface area contributed by atoms with Gasteiger partial charge in [-0.3, -0.25) is 4.79 Å². The number of carbonyl (C=O) groups is 1. The van der Waals surface area contributed by atoms with Crippen LogP contribution in [-0.2, 0) is 11.3 Å². The van der Waals surface area contributed by atoms with E-state index in [-0.39, 0.29) is 17.9 Å². The molecule has 1 aromatic heterocycles. The molecule has 1 aromatic carbocycles. The Kier molecular flexibility index (Phi) is 3.90. The summed E-state index contributed by atoms with van der Waals surface area (Å²) in [5.41, 5.74) is 7.73. The van der Waals surface area contributed by atoms with Crippen LogP contribution in [0.15, 0.2) is 34.9 Å². The largest absolute Gasteiger partial charge is 0.371 e. The lowest BCUT2D eigenvalue weighted by molar-refractivity contribution is -0.149. The van der Waals surface area contributed by atoms with E-state index in [1.807, 2.05) is 11.2 Å². The minimum atomic E-state index is -0.182. The van der Waals surface area contributed by atoms with Crippen LogP contribution in [0.3, 0.4) is 0 Å². The SMILES string of the molecule is CC1CNN2NCN(Cc3nc(C4[C@H]5CN(c6ccccc6)C[C@@H]45)no3)C(=O)C12. The fraction of sp³-hybridized carbons (Fsp3) is 0.550. The Balaban J connectivity index is 1.09. The number of amides is 1. The lowest BCUT2D eigenvalue weighted by Gasteiger charge is -2.37. The number of rotatable bonds is 4. The predicted molar refractivity (Wildman–Crippen MR) is 104 cm³/mol. The van der Waals surface area contributed by atoms with Gasteiger partial charge in [-0.2, -0.15) is 10.1 Å². The summed E-state index contributed by atoms with van der Waals surface area (Å²) in [6, 6.07) is 10.4. The molecule has 3 unspecified atom stereocenters. The van der Waals surface area contributed by atoms with Crippen molar-refractivity contribution in [1.29, 1.82) is 0 Å². The first-order valence-corrected chi connectivity index (χ1v) is 10.4. The molecule has 3 saturated heterocycles. The van der Waals surface area contributed by atoms with Gasteiger partial charge in [0.15, 0.2) is 5.82 Å². The number of fused-ring (bicyclic) bond motifs is 2. The van der Waals surface area contributed by atoms with Crippen LogP contribution in [0.5, 0.6) is 0 Å². The number of nitrogens with zero attached hydrogens (tertiary/aromatic N) is 5. The highest BCUT2D eigenvalue weighted by molar-refractivity contribution is 5.83. The average Bonchev–Trinajstić information content (AvgIpc) is 3.16. The molecule has 2 N–H and O–H groups in total. The maximum Gasteiger partial charge on any atom is 0.246 e. The van der Waals surface area contributed by atoms with Crippen LogP contribution in [0.1, 0.15) is 24.6 Å². The maximum atomic E-state index is 12.8. The standard InChI is InChI=1S/C20H25N7O2/c1-12-7-21-27-18(12)20(28)26(11-22-27)10-16-23-19(24-29-16)17-14-8-25(9-15(14)17)13-5-3-2-4-6-13/h2-6,12,14-15,17-18,21-22H,7-11H2,1H3/t12?,14-,15+,17?,18?. The molecule has 29 heavy (non-hydrogen) atoms. The number of piperidine rings is 1. The van der Waals surface area contributed by atoms with Crippen molar-refractivity contribution >= 4 is 11.6 Å². The third kappa shape index (κ3) is 2.84. The summed E-state index contributed by atoms with van der Waals surface area (Å²) in [6.45, 7) is 5.75.